The van der Waals surface area contributed by atoms with E-state index >= 15 is 0 Å². The molecular weight excluding hydrogens is 244 g/mol. The summed E-state index contributed by atoms with van der Waals surface area (Å²) >= 11 is 0. The largest absolute Gasteiger partial charge is 0.508 e. The van der Waals surface area contributed by atoms with Crippen LogP contribution in [0.5, 0.6) is 17.4 Å². The van der Waals surface area contributed by atoms with Gasteiger partial charge in [0.1, 0.15) is 11.5 Å². The molecule has 100 valence electrons. The molecule has 5 nitrogen and oxygen atoms in total. The summed E-state index contributed by atoms with van der Waals surface area (Å²) in [6.07, 6.45) is 1.65. The molecule has 0 bridgehead atoms. The van der Waals surface area contributed by atoms with Crippen molar-refractivity contribution in [3.8, 4) is 17.4 Å². The van der Waals surface area contributed by atoms with Gasteiger partial charge in [-0.25, -0.2) is 4.98 Å². The number of phenolic OH excluding ortho intramolecular Hbond substituents is 2. The molecule has 1 aromatic carbocycles. The number of pyridine rings is 1. The van der Waals surface area contributed by atoms with Gasteiger partial charge in [-0.15, -0.1) is 0 Å². The minimum atomic E-state index is -0.165. The highest BCUT2D eigenvalue weighted by molar-refractivity contribution is 5.48. The minimum absolute atomic E-state index is 0.120. The molecule has 2 aromatic rings. The van der Waals surface area contributed by atoms with E-state index in [1.165, 1.54) is 18.2 Å². The lowest BCUT2D eigenvalue weighted by atomic mass is 10.1. The van der Waals surface area contributed by atoms with Crippen LogP contribution in [0.15, 0.2) is 36.5 Å². The summed E-state index contributed by atoms with van der Waals surface area (Å²) in [5.41, 5.74) is 1.42. The van der Waals surface area contributed by atoms with Crippen molar-refractivity contribution in [1.29, 1.82) is 0 Å². The van der Waals surface area contributed by atoms with Crippen molar-refractivity contribution in [2.45, 2.75) is 13.0 Å². The lowest BCUT2D eigenvalue weighted by molar-refractivity contribution is 0.398. The third-order valence-corrected chi connectivity index (χ3v) is 2.81. The molecule has 0 saturated heterocycles. The molecule has 1 atom stereocenters. The number of phenols is 2. The third kappa shape index (κ3) is 3.07. The normalized spacial score (nSPS) is 11.9. The first kappa shape index (κ1) is 13.0. The van der Waals surface area contributed by atoms with Crippen LogP contribution in [0, 0.1) is 0 Å². The second kappa shape index (κ2) is 5.48. The van der Waals surface area contributed by atoms with E-state index in [-0.39, 0.29) is 17.5 Å². The number of anilines is 1. The molecule has 3 N–H and O–H groups in total. The number of ether oxygens (including phenoxy) is 1. The number of nitrogens with zero attached hydrogens (tertiary/aromatic N) is 1. The number of rotatable bonds is 4. The summed E-state index contributed by atoms with van der Waals surface area (Å²) in [5.74, 6) is 0.798. The van der Waals surface area contributed by atoms with Crippen LogP contribution >= 0.6 is 0 Å². The van der Waals surface area contributed by atoms with Crippen molar-refractivity contribution < 1.29 is 14.9 Å². The molecule has 1 heterocycles. The second-order valence-corrected chi connectivity index (χ2v) is 4.20. The Labute approximate surface area is 111 Å². The van der Waals surface area contributed by atoms with E-state index in [0.717, 1.165) is 5.69 Å². The lowest BCUT2D eigenvalue weighted by Crippen LogP contribution is -2.07. The quantitative estimate of drug-likeness (QED) is 0.737. The zero-order valence-corrected chi connectivity index (χ0v) is 10.8. The van der Waals surface area contributed by atoms with Crippen molar-refractivity contribution in [2.75, 3.05) is 12.4 Å². The van der Waals surface area contributed by atoms with E-state index in [4.69, 9.17) is 4.74 Å². The number of hydrogen-bond acceptors (Lipinski definition) is 5. The van der Waals surface area contributed by atoms with Gasteiger partial charge in [-0.3, -0.25) is 0 Å². The molecule has 2 rings (SSSR count). The molecular formula is C14H16N2O3. The van der Waals surface area contributed by atoms with E-state index in [1.54, 1.807) is 19.4 Å². The Kier molecular flexibility index (Phi) is 3.75. The van der Waals surface area contributed by atoms with Crippen LogP contribution in [0.25, 0.3) is 0 Å². The molecule has 0 amide bonds. The maximum absolute atomic E-state index is 9.78. The van der Waals surface area contributed by atoms with Gasteiger partial charge in [-0.1, -0.05) is 0 Å². The van der Waals surface area contributed by atoms with Crippen molar-refractivity contribution in [1.82, 2.24) is 4.98 Å². The Morgan fingerprint density at radius 1 is 1.21 bits per heavy atom. The molecule has 0 saturated carbocycles. The van der Waals surface area contributed by atoms with Gasteiger partial charge in [0.2, 0.25) is 5.88 Å². The molecule has 0 fully saturated rings. The smallest absolute Gasteiger partial charge is 0.213 e. The Morgan fingerprint density at radius 3 is 2.63 bits per heavy atom. The monoisotopic (exact) mass is 260 g/mol. The predicted molar refractivity (Wildman–Crippen MR) is 72.6 cm³/mol. The summed E-state index contributed by atoms with van der Waals surface area (Å²) in [7, 11) is 1.56. The van der Waals surface area contributed by atoms with Crippen molar-refractivity contribution in [3.05, 3.63) is 42.1 Å². The van der Waals surface area contributed by atoms with Crippen LogP contribution in [-0.2, 0) is 0 Å². The molecule has 0 aliphatic rings. The van der Waals surface area contributed by atoms with Gasteiger partial charge in [0.15, 0.2) is 0 Å². The van der Waals surface area contributed by atoms with Crippen molar-refractivity contribution in [2.24, 2.45) is 0 Å². The molecule has 5 heteroatoms. The fourth-order valence-corrected chi connectivity index (χ4v) is 1.80. The van der Waals surface area contributed by atoms with Crippen LogP contribution < -0.4 is 10.1 Å². The van der Waals surface area contributed by atoms with Crippen LogP contribution in [0.2, 0.25) is 0 Å². The fraction of sp³-hybridized carbons (Fsp3) is 0.214. The zero-order chi connectivity index (χ0) is 13.8. The van der Waals surface area contributed by atoms with Crippen LogP contribution in [-0.4, -0.2) is 22.3 Å². The van der Waals surface area contributed by atoms with Gasteiger partial charge in [0, 0.05) is 11.6 Å². The zero-order valence-electron chi connectivity index (χ0n) is 10.8. The first-order chi connectivity index (χ1) is 9.10. The lowest BCUT2D eigenvalue weighted by Gasteiger charge is -2.17. The highest BCUT2D eigenvalue weighted by atomic mass is 16.5. The molecule has 0 aliphatic carbocycles. The first-order valence-corrected chi connectivity index (χ1v) is 5.88. The summed E-state index contributed by atoms with van der Waals surface area (Å²) in [6, 6.07) is 7.86. The predicted octanol–water partition coefficient (Wildman–Crippen LogP) is 2.67. The number of hydrogen-bond donors (Lipinski definition) is 3. The maximum Gasteiger partial charge on any atom is 0.213 e. The number of nitrogens with one attached hydrogen (secondary N) is 1. The fourth-order valence-electron chi connectivity index (χ4n) is 1.80. The second-order valence-electron chi connectivity index (χ2n) is 4.20. The third-order valence-electron chi connectivity index (χ3n) is 2.81. The number of benzene rings is 1. The van der Waals surface area contributed by atoms with Crippen LogP contribution in [0.3, 0.4) is 0 Å². The Morgan fingerprint density at radius 2 is 2.00 bits per heavy atom. The van der Waals surface area contributed by atoms with Gasteiger partial charge in [0.25, 0.3) is 0 Å². The number of aromatic hydroxyl groups is 2. The summed E-state index contributed by atoms with van der Waals surface area (Å²) in [4.78, 5) is 4.09. The standard InChI is InChI=1S/C14H16N2O3/c1-9(12-7-11(17)4-5-13(12)18)16-10-3-6-14(19-2)15-8-10/h3-9,16-18H,1-2H3. The van der Waals surface area contributed by atoms with E-state index in [9.17, 15) is 10.2 Å². The summed E-state index contributed by atoms with van der Waals surface area (Å²) in [5, 5.41) is 22.4. The van der Waals surface area contributed by atoms with Crippen LogP contribution in [0.4, 0.5) is 5.69 Å². The molecule has 1 aromatic heterocycles. The average molecular weight is 260 g/mol. The van der Waals surface area contributed by atoms with Crippen LogP contribution in [0.1, 0.15) is 18.5 Å². The Balaban J connectivity index is 2.15. The van der Waals surface area contributed by atoms with E-state index in [1.807, 2.05) is 13.0 Å². The molecule has 19 heavy (non-hydrogen) atoms. The summed E-state index contributed by atoms with van der Waals surface area (Å²) in [6.45, 7) is 1.89. The van der Waals surface area contributed by atoms with E-state index in [2.05, 4.69) is 10.3 Å². The molecule has 0 spiro atoms. The molecule has 1 unspecified atom stereocenters. The van der Waals surface area contributed by atoms with E-state index < -0.39 is 0 Å². The Bertz CT molecular complexity index is 555. The number of aromatic nitrogens is 1. The summed E-state index contributed by atoms with van der Waals surface area (Å²) < 4.78 is 4.98. The SMILES string of the molecule is COc1ccc(NC(C)c2cc(O)ccc2O)cn1. The average Bonchev–Trinajstić information content (AvgIpc) is 2.42. The van der Waals surface area contributed by atoms with Crippen molar-refractivity contribution in [3.63, 3.8) is 0 Å². The number of methoxy groups -OCH3 is 1. The molecule has 0 radical (unpaired) electrons. The Hall–Kier alpha value is -2.43. The minimum Gasteiger partial charge on any atom is -0.508 e. The van der Waals surface area contributed by atoms with Gasteiger partial charge >= 0.3 is 0 Å². The highest BCUT2D eigenvalue weighted by Gasteiger charge is 2.11. The van der Waals surface area contributed by atoms with Gasteiger partial charge in [-0.2, -0.15) is 0 Å². The van der Waals surface area contributed by atoms with E-state index in [0.29, 0.717) is 11.4 Å². The topological polar surface area (TPSA) is 74.6 Å². The first-order valence-electron chi connectivity index (χ1n) is 5.88. The van der Waals surface area contributed by atoms with Gasteiger partial charge in [0.05, 0.1) is 25.0 Å². The van der Waals surface area contributed by atoms with Crippen molar-refractivity contribution >= 4 is 5.69 Å². The highest BCUT2D eigenvalue weighted by Crippen LogP contribution is 2.30. The molecule has 0 aliphatic heterocycles. The van der Waals surface area contributed by atoms with Gasteiger partial charge < -0.3 is 20.3 Å². The van der Waals surface area contributed by atoms with Gasteiger partial charge in [-0.05, 0) is 31.2 Å². The maximum atomic E-state index is 9.78.